The number of terminal acetylenes is 1. The normalized spacial score (nSPS) is 11.7. The highest BCUT2D eigenvalue weighted by Crippen LogP contribution is 2.14. The average molecular weight is 382 g/mol. The molecule has 0 radical (unpaired) electrons. The maximum Gasteiger partial charge on any atom is 0.410 e. The van der Waals surface area contributed by atoms with Crippen molar-refractivity contribution >= 4 is 12.1 Å². The second-order valence-electron chi connectivity index (χ2n) is 7.47. The van der Waals surface area contributed by atoms with Crippen molar-refractivity contribution in [3.05, 3.63) is 0 Å². The summed E-state index contributed by atoms with van der Waals surface area (Å²) in [5, 5.41) is 0. The van der Waals surface area contributed by atoms with E-state index in [0.29, 0.717) is 19.4 Å². The van der Waals surface area contributed by atoms with Gasteiger partial charge in [0.25, 0.3) is 0 Å². The van der Waals surface area contributed by atoms with E-state index in [1.54, 1.807) is 7.05 Å². The van der Waals surface area contributed by atoms with Crippen molar-refractivity contribution in [1.82, 2.24) is 4.90 Å². The van der Waals surface area contributed by atoms with Crippen molar-refractivity contribution in [2.24, 2.45) is 5.92 Å². The van der Waals surface area contributed by atoms with Crippen LogP contribution >= 0.6 is 0 Å². The van der Waals surface area contributed by atoms with Gasteiger partial charge < -0.3 is 9.47 Å². The fourth-order valence-corrected chi connectivity index (χ4v) is 2.79. The molecule has 1 amide bonds. The second-order valence-corrected chi connectivity index (χ2v) is 7.47. The molecule has 0 spiro atoms. The van der Waals surface area contributed by atoms with Crippen LogP contribution in [0.4, 0.5) is 4.79 Å². The van der Waals surface area contributed by atoms with Gasteiger partial charge in [0.1, 0.15) is 12.6 Å². The highest BCUT2D eigenvalue weighted by Gasteiger charge is 2.29. The molecule has 1 atom stereocenters. The standard InChI is InChI=1S/C22H39NO4/c1-6-8-10-11-12-13-14-15-17-26-21(24)20(18-19(3)4)23(5)22(25)27-16-9-7-2/h2,19-20H,6,8-18H2,1,3-5H3/t20-/m0/s1. The predicted octanol–water partition coefficient (Wildman–Crippen LogP) is 5.18. The van der Waals surface area contributed by atoms with Gasteiger partial charge in [-0.1, -0.05) is 65.7 Å². The minimum Gasteiger partial charge on any atom is -0.464 e. The molecule has 0 saturated heterocycles. The van der Waals surface area contributed by atoms with E-state index in [0.717, 1.165) is 12.8 Å². The molecule has 0 saturated carbocycles. The number of hydrogen-bond acceptors (Lipinski definition) is 4. The molecule has 0 heterocycles. The van der Waals surface area contributed by atoms with Crippen molar-refractivity contribution < 1.29 is 19.1 Å². The number of nitrogens with zero attached hydrogens (tertiary/aromatic N) is 1. The summed E-state index contributed by atoms with van der Waals surface area (Å²) in [7, 11) is 1.57. The summed E-state index contributed by atoms with van der Waals surface area (Å²) < 4.78 is 10.5. The van der Waals surface area contributed by atoms with E-state index in [4.69, 9.17) is 15.9 Å². The highest BCUT2D eigenvalue weighted by atomic mass is 16.6. The number of ether oxygens (including phenoxy) is 2. The van der Waals surface area contributed by atoms with E-state index in [2.05, 4.69) is 12.8 Å². The molecule has 5 heteroatoms. The lowest BCUT2D eigenvalue weighted by atomic mass is 10.0. The molecule has 156 valence electrons. The number of hydrogen-bond donors (Lipinski definition) is 0. The molecule has 0 fully saturated rings. The van der Waals surface area contributed by atoms with Crippen molar-refractivity contribution in [2.75, 3.05) is 20.3 Å². The Kier molecular flexibility index (Phi) is 15.4. The average Bonchev–Trinajstić information content (AvgIpc) is 2.64. The molecule has 0 aliphatic rings. The van der Waals surface area contributed by atoms with Crippen molar-refractivity contribution in [3.63, 3.8) is 0 Å². The van der Waals surface area contributed by atoms with Crippen molar-refractivity contribution in [3.8, 4) is 12.3 Å². The molecule has 0 aromatic carbocycles. The Morgan fingerprint density at radius 2 is 1.56 bits per heavy atom. The second kappa shape index (κ2) is 16.5. The van der Waals surface area contributed by atoms with Crippen LogP contribution in [0.1, 0.15) is 85.0 Å². The zero-order valence-corrected chi connectivity index (χ0v) is 17.8. The molecule has 0 aliphatic carbocycles. The van der Waals surface area contributed by atoms with Gasteiger partial charge in [0.2, 0.25) is 0 Å². The molecular formula is C22H39NO4. The van der Waals surface area contributed by atoms with Crippen LogP contribution in [0.15, 0.2) is 0 Å². The van der Waals surface area contributed by atoms with Crippen LogP contribution < -0.4 is 0 Å². The number of likely N-dealkylation sites (N-methyl/N-ethyl adjacent to an activating group) is 1. The quantitative estimate of drug-likeness (QED) is 0.223. The molecule has 0 unspecified atom stereocenters. The summed E-state index contributed by atoms with van der Waals surface area (Å²) in [6, 6.07) is -0.627. The predicted molar refractivity (Wildman–Crippen MR) is 109 cm³/mol. The lowest BCUT2D eigenvalue weighted by Gasteiger charge is -2.27. The van der Waals surface area contributed by atoms with E-state index in [1.165, 1.54) is 43.4 Å². The smallest absolute Gasteiger partial charge is 0.410 e. The molecule has 5 nitrogen and oxygen atoms in total. The Hall–Kier alpha value is -1.70. The van der Waals surface area contributed by atoms with Crippen LogP contribution in [0.5, 0.6) is 0 Å². The maximum atomic E-state index is 12.5. The van der Waals surface area contributed by atoms with E-state index >= 15 is 0 Å². The Bertz CT molecular complexity index is 442. The number of esters is 1. The number of unbranched alkanes of at least 4 members (excludes halogenated alkanes) is 7. The van der Waals surface area contributed by atoms with Gasteiger partial charge in [-0.05, 0) is 18.8 Å². The maximum absolute atomic E-state index is 12.5. The molecular weight excluding hydrogens is 342 g/mol. The van der Waals surface area contributed by atoms with Gasteiger partial charge in [0, 0.05) is 13.5 Å². The topological polar surface area (TPSA) is 55.8 Å². The van der Waals surface area contributed by atoms with Crippen LogP contribution in [0.25, 0.3) is 0 Å². The molecule has 0 aromatic rings. The molecule has 0 rings (SSSR count). The van der Waals surface area contributed by atoms with Gasteiger partial charge in [-0.2, -0.15) is 0 Å². The van der Waals surface area contributed by atoms with Gasteiger partial charge in [-0.25, -0.2) is 9.59 Å². The minimum absolute atomic E-state index is 0.154. The van der Waals surface area contributed by atoms with Gasteiger partial charge in [0.15, 0.2) is 0 Å². The summed E-state index contributed by atoms with van der Waals surface area (Å²) in [5.41, 5.74) is 0. The third kappa shape index (κ3) is 13.2. The number of carbonyl (C=O) groups is 2. The van der Waals surface area contributed by atoms with Gasteiger partial charge >= 0.3 is 12.1 Å². The first-order valence-electron chi connectivity index (χ1n) is 10.4. The minimum atomic E-state index is -0.627. The summed E-state index contributed by atoms with van der Waals surface area (Å²) in [6.45, 7) is 6.80. The van der Waals surface area contributed by atoms with Crippen molar-refractivity contribution in [2.45, 2.75) is 91.0 Å². The van der Waals surface area contributed by atoms with E-state index in [1.807, 2.05) is 13.8 Å². The summed E-state index contributed by atoms with van der Waals surface area (Å²) in [5.74, 6) is 2.32. The van der Waals surface area contributed by atoms with Crippen LogP contribution in [0, 0.1) is 18.3 Å². The van der Waals surface area contributed by atoms with E-state index in [-0.39, 0.29) is 18.5 Å². The zero-order valence-electron chi connectivity index (χ0n) is 17.8. The van der Waals surface area contributed by atoms with Crippen LogP contribution in [-0.4, -0.2) is 43.3 Å². The molecule has 0 N–H and O–H groups in total. The number of carbonyl (C=O) groups excluding carboxylic acids is 2. The summed E-state index contributed by atoms with van der Waals surface area (Å²) in [4.78, 5) is 25.9. The van der Waals surface area contributed by atoms with Crippen LogP contribution in [-0.2, 0) is 14.3 Å². The first-order valence-corrected chi connectivity index (χ1v) is 10.4. The van der Waals surface area contributed by atoms with Crippen LogP contribution in [0.2, 0.25) is 0 Å². The molecule has 27 heavy (non-hydrogen) atoms. The third-order valence-electron chi connectivity index (χ3n) is 4.44. The monoisotopic (exact) mass is 381 g/mol. The fourth-order valence-electron chi connectivity index (χ4n) is 2.79. The zero-order chi connectivity index (χ0) is 20.5. The number of rotatable bonds is 15. The fraction of sp³-hybridized carbons (Fsp3) is 0.818. The van der Waals surface area contributed by atoms with E-state index < -0.39 is 12.1 Å². The molecule has 0 bridgehead atoms. The van der Waals surface area contributed by atoms with E-state index in [9.17, 15) is 9.59 Å². The summed E-state index contributed by atoms with van der Waals surface area (Å²) in [6.07, 6.45) is 15.0. The Morgan fingerprint density at radius 1 is 0.963 bits per heavy atom. The van der Waals surface area contributed by atoms with Gasteiger partial charge in [-0.15, -0.1) is 12.3 Å². The van der Waals surface area contributed by atoms with Crippen LogP contribution in [0.3, 0.4) is 0 Å². The molecule has 0 aromatic heterocycles. The van der Waals surface area contributed by atoms with Gasteiger partial charge in [-0.3, -0.25) is 4.90 Å². The third-order valence-corrected chi connectivity index (χ3v) is 4.44. The molecule has 0 aliphatic heterocycles. The first-order chi connectivity index (χ1) is 12.9. The lowest BCUT2D eigenvalue weighted by molar-refractivity contribution is -0.149. The lowest BCUT2D eigenvalue weighted by Crippen LogP contribution is -2.44. The Morgan fingerprint density at radius 3 is 2.11 bits per heavy atom. The number of amides is 1. The van der Waals surface area contributed by atoms with Crippen molar-refractivity contribution in [1.29, 1.82) is 0 Å². The van der Waals surface area contributed by atoms with Gasteiger partial charge in [0.05, 0.1) is 6.61 Å². The largest absolute Gasteiger partial charge is 0.464 e. The highest BCUT2D eigenvalue weighted by molar-refractivity contribution is 5.81. The summed E-state index contributed by atoms with van der Waals surface area (Å²) >= 11 is 0. The Labute approximate surface area is 166 Å². The first kappa shape index (κ1) is 25.3. The Balaban J connectivity index is 4.22. The SMILES string of the molecule is C#CCCOC(=O)N(C)[C@@H](CC(C)C)C(=O)OCCCCCCCCCC.